The molecular weight excluding hydrogens is 308 g/mol. The first kappa shape index (κ1) is 16.0. The first-order chi connectivity index (χ1) is 9.83. The Morgan fingerprint density at radius 1 is 1.43 bits per heavy atom. The third-order valence-corrected chi connectivity index (χ3v) is 4.55. The summed E-state index contributed by atoms with van der Waals surface area (Å²) in [6.45, 7) is 4.52. The molecule has 1 heterocycles. The molecule has 0 saturated carbocycles. The summed E-state index contributed by atoms with van der Waals surface area (Å²) in [5.41, 5.74) is 1.68. The summed E-state index contributed by atoms with van der Waals surface area (Å²) in [5.74, 6) is 0.791. The highest BCUT2D eigenvalue weighted by Crippen LogP contribution is 2.27. The van der Waals surface area contributed by atoms with E-state index in [2.05, 4.69) is 4.98 Å². The SMILES string of the molecule is CCCOc1cccc2c1[nH]c(=S)n2C(C)CS(C)(=O)=O. The van der Waals surface area contributed by atoms with Crippen molar-refractivity contribution in [3.63, 3.8) is 0 Å². The van der Waals surface area contributed by atoms with E-state index in [1.54, 1.807) is 0 Å². The topological polar surface area (TPSA) is 64.1 Å². The van der Waals surface area contributed by atoms with Crippen molar-refractivity contribution in [1.82, 2.24) is 9.55 Å². The maximum atomic E-state index is 11.5. The average molecular weight is 328 g/mol. The second-order valence-corrected chi connectivity index (χ2v) is 7.81. The Labute approximate surface area is 129 Å². The Morgan fingerprint density at radius 2 is 2.14 bits per heavy atom. The van der Waals surface area contributed by atoms with Crippen molar-refractivity contribution in [3.8, 4) is 5.75 Å². The maximum absolute atomic E-state index is 11.5. The van der Waals surface area contributed by atoms with Crippen LogP contribution in [0.4, 0.5) is 0 Å². The monoisotopic (exact) mass is 328 g/mol. The number of hydrogen-bond acceptors (Lipinski definition) is 4. The summed E-state index contributed by atoms with van der Waals surface area (Å²) in [6, 6.07) is 5.45. The Hall–Kier alpha value is -1.34. The van der Waals surface area contributed by atoms with Crippen LogP contribution in [0.25, 0.3) is 11.0 Å². The fraction of sp³-hybridized carbons (Fsp3) is 0.500. The largest absolute Gasteiger partial charge is 0.491 e. The van der Waals surface area contributed by atoms with Crippen molar-refractivity contribution in [1.29, 1.82) is 0 Å². The highest BCUT2D eigenvalue weighted by Gasteiger charge is 2.17. The van der Waals surface area contributed by atoms with Crippen LogP contribution in [-0.2, 0) is 9.84 Å². The fourth-order valence-electron chi connectivity index (χ4n) is 2.41. The van der Waals surface area contributed by atoms with Gasteiger partial charge in [-0.15, -0.1) is 0 Å². The standard InChI is InChI=1S/C14H20N2O3S2/c1-4-8-19-12-7-5-6-11-13(12)15-14(20)16(11)10(2)9-21(3,17)18/h5-7,10H,4,8-9H2,1-3H3,(H,15,20). The van der Waals surface area contributed by atoms with Gasteiger partial charge in [-0.3, -0.25) is 0 Å². The minimum atomic E-state index is -3.07. The van der Waals surface area contributed by atoms with Crippen LogP contribution in [-0.4, -0.2) is 36.6 Å². The van der Waals surface area contributed by atoms with E-state index in [0.717, 1.165) is 23.2 Å². The van der Waals surface area contributed by atoms with E-state index in [0.29, 0.717) is 11.4 Å². The Morgan fingerprint density at radius 3 is 2.76 bits per heavy atom. The third kappa shape index (κ3) is 3.65. The van der Waals surface area contributed by atoms with Gasteiger partial charge in [0.15, 0.2) is 4.77 Å². The van der Waals surface area contributed by atoms with Gasteiger partial charge in [-0.05, 0) is 37.7 Å². The highest BCUT2D eigenvalue weighted by molar-refractivity contribution is 7.90. The molecule has 0 radical (unpaired) electrons. The lowest BCUT2D eigenvalue weighted by Gasteiger charge is -2.13. The van der Waals surface area contributed by atoms with E-state index in [9.17, 15) is 8.42 Å². The molecule has 1 atom stereocenters. The van der Waals surface area contributed by atoms with Gasteiger partial charge in [0.05, 0.1) is 17.9 Å². The molecule has 1 aromatic carbocycles. The summed E-state index contributed by atoms with van der Waals surface area (Å²) < 4.78 is 31.1. The zero-order chi connectivity index (χ0) is 15.6. The van der Waals surface area contributed by atoms with Gasteiger partial charge in [0.1, 0.15) is 21.1 Å². The van der Waals surface area contributed by atoms with Crippen LogP contribution in [0, 0.1) is 4.77 Å². The van der Waals surface area contributed by atoms with E-state index in [1.165, 1.54) is 6.26 Å². The smallest absolute Gasteiger partial charge is 0.178 e. The molecule has 0 fully saturated rings. The molecule has 0 bridgehead atoms. The van der Waals surface area contributed by atoms with Gasteiger partial charge < -0.3 is 14.3 Å². The van der Waals surface area contributed by atoms with Crippen molar-refractivity contribution in [2.45, 2.75) is 26.3 Å². The number of nitrogens with one attached hydrogen (secondary N) is 1. The third-order valence-electron chi connectivity index (χ3n) is 3.16. The lowest BCUT2D eigenvalue weighted by Crippen LogP contribution is -2.16. The number of sulfone groups is 1. The molecule has 2 aromatic rings. The van der Waals surface area contributed by atoms with E-state index < -0.39 is 9.84 Å². The van der Waals surface area contributed by atoms with Crippen LogP contribution < -0.4 is 4.74 Å². The zero-order valence-corrected chi connectivity index (χ0v) is 14.1. The molecule has 0 aliphatic carbocycles. The minimum Gasteiger partial charge on any atom is -0.491 e. The highest BCUT2D eigenvalue weighted by atomic mass is 32.2. The van der Waals surface area contributed by atoms with Gasteiger partial charge in [0.2, 0.25) is 0 Å². The molecule has 5 nitrogen and oxygen atoms in total. The van der Waals surface area contributed by atoms with E-state index >= 15 is 0 Å². The molecule has 0 aliphatic heterocycles. The lowest BCUT2D eigenvalue weighted by atomic mass is 10.2. The van der Waals surface area contributed by atoms with E-state index in [4.69, 9.17) is 17.0 Å². The number of fused-ring (bicyclic) bond motifs is 1. The molecule has 116 valence electrons. The van der Waals surface area contributed by atoms with Gasteiger partial charge in [-0.1, -0.05) is 13.0 Å². The van der Waals surface area contributed by atoms with E-state index in [-0.39, 0.29) is 11.8 Å². The summed E-state index contributed by atoms with van der Waals surface area (Å²) in [6.07, 6.45) is 2.15. The first-order valence-corrected chi connectivity index (χ1v) is 9.34. The fourth-order valence-corrected chi connectivity index (χ4v) is 3.81. The molecule has 2 rings (SSSR count). The summed E-state index contributed by atoms with van der Waals surface area (Å²) in [5, 5.41) is 0. The number of aromatic amines is 1. The van der Waals surface area contributed by atoms with Crippen molar-refractivity contribution >= 4 is 33.1 Å². The van der Waals surface area contributed by atoms with Gasteiger partial charge >= 0.3 is 0 Å². The number of benzene rings is 1. The molecule has 0 saturated heterocycles. The number of imidazole rings is 1. The number of aromatic nitrogens is 2. The van der Waals surface area contributed by atoms with Crippen molar-refractivity contribution in [3.05, 3.63) is 23.0 Å². The van der Waals surface area contributed by atoms with Crippen LogP contribution >= 0.6 is 12.2 Å². The van der Waals surface area contributed by atoms with Crippen molar-refractivity contribution in [2.24, 2.45) is 0 Å². The maximum Gasteiger partial charge on any atom is 0.178 e. The molecule has 0 spiro atoms. The lowest BCUT2D eigenvalue weighted by molar-refractivity contribution is 0.320. The molecule has 21 heavy (non-hydrogen) atoms. The number of H-pyrrole nitrogens is 1. The molecule has 1 N–H and O–H groups in total. The zero-order valence-electron chi connectivity index (χ0n) is 12.4. The predicted molar refractivity (Wildman–Crippen MR) is 87.3 cm³/mol. The Balaban J connectivity index is 2.50. The van der Waals surface area contributed by atoms with Crippen LogP contribution in [0.1, 0.15) is 26.3 Å². The normalized spacial score (nSPS) is 13.5. The number of rotatable bonds is 6. The van der Waals surface area contributed by atoms with Gasteiger partial charge in [0, 0.05) is 12.3 Å². The van der Waals surface area contributed by atoms with Gasteiger partial charge in [0.25, 0.3) is 0 Å². The summed E-state index contributed by atoms with van der Waals surface area (Å²) in [4.78, 5) is 3.13. The number of nitrogens with zero attached hydrogens (tertiary/aromatic N) is 1. The Kier molecular flexibility index (Phi) is 4.73. The molecule has 7 heteroatoms. The van der Waals surface area contributed by atoms with Gasteiger partial charge in [-0.25, -0.2) is 8.42 Å². The molecule has 1 unspecified atom stereocenters. The molecule has 1 aromatic heterocycles. The quantitative estimate of drug-likeness (QED) is 0.828. The average Bonchev–Trinajstić information content (AvgIpc) is 2.70. The predicted octanol–water partition coefficient (Wildman–Crippen LogP) is 3.09. The van der Waals surface area contributed by atoms with Gasteiger partial charge in [-0.2, -0.15) is 0 Å². The van der Waals surface area contributed by atoms with Crippen molar-refractivity contribution < 1.29 is 13.2 Å². The van der Waals surface area contributed by atoms with Crippen LogP contribution in [0.5, 0.6) is 5.75 Å². The number of ether oxygens (including phenoxy) is 1. The second-order valence-electron chi connectivity index (χ2n) is 5.24. The van der Waals surface area contributed by atoms with Crippen LogP contribution in [0.15, 0.2) is 18.2 Å². The minimum absolute atomic E-state index is 0.0499. The number of para-hydroxylation sites is 1. The van der Waals surface area contributed by atoms with E-state index in [1.807, 2.05) is 36.6 Å². The Bertz CT molecular complexity index is 790. The summed E-state index contributed by atoms with van der Waals surface area (Å²) in [7, 11) is -3.07. The van der Waals surface area contributed by atoms with Crippen LogP contribution in [0.3, 0.4) is 0 Å². The number of hydrogen-bond donors (Lipinski definition) is 1. The van der Waals surface area contributed by atoms with Crippen LogP contribution in [0.2, 0.25) is 0 Å². The molecular formula is C14H20N2O3S2. The second kappa shape index (κ2) is 6.19. The molecule has 0 amide bonds. The first-order valence-electron chi connectivity index (χ1n) is 6.87. The summed E-state index contributed by atoms with van der Waals surface area (Å²) >= 11 is 5.35. The van der Waals surface area contributed by atoms with Crippen molar-refractivity contribution in [2.75, 3.05) is 18.6 Å². The molecule has 0 aliphatic rings.